The molecule has 30 heavy (non-hydrogen) atoms. The van der Waals surface area contributed by atoms with Gasteiger partial charge in [0.15, 0.2) is 0 Å². The summed E-state index contributed by atoms with van der Waals surface area (Å²) in [6, 6.07) is 13.9. The Morgan fingerprint density at radius 1 is 1.03 bits per heavy atom. The van der Waals surface area contributed by atoms with Crippen LogP contribution < -0.4 is 9.47 Å². The zero-order chi connectivity index (χ0) is 21.1. The molecule has 0 amide bonds. The monoisotopic (exact) mass is 408 g/mol. The number of aromatic nitrogens is 1. The van der Waals surface area contributed by atoms with Crippen LogP contribution in [0.5, 0.6) is 11.5 Å². The van der Waals surface area contributed by atoms with Crippen molar-refractivity contribution in [2.75, 3.05) is 40.5 Å². The molecule has 0 spiro atoms. The van der Waals surface area contributed by atoms with Crippen LogP contribution in [-0.4, -0.2) is 67.2 Å². The largest absolute Gasteiger partial charge is 0.496 e. The number of ether oxygens (including phenoxy) is 3. The van der Waals surface area contributed by atoms with E-state index < -0.39 is 6.10 Å². The molecule has 3 aromatic rings. The van der Waals surface area contributed by atoms with Crippen molar-refractivity contribution in [3.63, 3.8) is 0 Å². The highest BCUT2D eigenvalue weighted by Crippen LogP contribution is 2.38. The van der Waals surface area contributed by atoms with Gasteiger partial charge in [0, 0.05) is 50.1 Å². The lowest BCUT2D eigenvalue weighted by atomic mass is 9.96. The number of fused-ring (bicyclic) bond motifs is 1. The van der Waals surface area contributed by atoms with Gasteiger partial charge in [0.25, 0.3) is 0 Å². The fourth-order valence-electron chi connectivity index (χ4n) is 4.09. The predicted molar refractivity (Wildman–Crippen MR) is 117 cm³/mol. The molecule has 6 nitrogen and oxygen atoms in total. The number of benzene rings is 2. The first-order valence-electron chi connectivity index (χ1n) is 10.1. The summed E-state index contributed by atoms with van der Waals surface area (Å²) in [5.74, 6) is 1.53. The maximum Gasteiger partial charge on any atom is 0.129 e. The standard InChI is InChI=1S/C24H28N2O4/c1-24(29-3)15-26(16-24)13-17(27)14-30-23-9-8-19(18-6-4-5-7-20(18)23)21-12-25-11-10-22(21)28-2/h4-12,17,27H,13-16H2,1-3H3. The number of methoxy groups -OCH3 is 2. The number of hydrogen-bond donors (Lipinski definition) is 1. The van der Waals surface area contributed by atoms with Gasteiger partial charge in [0.2, 0.25) is 0 Å². The van der Waals surface area contributed by atoms with Crippen molar-refractivity contribution in [3.05, 3.63) is 54.9 Å². The van der Waals surface area contributed by atoms with E-state index in [1.807, 2.05) is 42.6 Å². The zero-order valence-electron chi connectivity index (χ0n) is 17.7. The maximum absolute atomic E-state index is 10.4. The summed E-state index contributed by atoms with van der Waals surface area (Å²) < 4.78 is 17.0. The number of β-amino-alcohol motifs (C(OH)–C–C–N with tert-alkyl or cyclic N) is 1. The molecular weight excluding hydrogens is 380 g/mol. The summed E-state index contributed by atoms with van der Waals surface area (Å²) in [6.45, 7) is 4.54. The van der Waals surface area contributed by atoms with Crippen LogP contribution in [0.2, 0.25) is 0 Å². The Labute approximate surface area is 177 Å². The van der Waals surface area contributed by atoms with Crippen molar-refractivity contribution in [1.82, 2.24) is 9.88 Å². The molecule has 0 aliphatic carbocycles. The van der Waals surface area contributed by atoms with E-state index in [0.29, 0.717) is 6.54 Å². The Kier molecular flexibility index (Phi) is 5.90. The molecule has 1 aliphatic heterocycles. The maximum atomic E-state index is 10.4. The average molecular weight is 408 g/mol. The van der Waals surface area contributed by atoms with Gasteiger partial charge in [-0.15, -0.1) is 0 Å². The highest BCUT2D eigenvalue weighted by atomic mass is 16.5. The molecule has 1 atom stereocenters. The third kappa shape index (κ3) is 4.12. The van der Waals surface area contributed by atoms with E-state index in [9.17, 15) is 5.11 Å². The molecule has 0 radical (unpaired) electrons. The van der Waals surface area contributed by atoms with Crippen LogP contribution in [0.4, 0.5) is 0 Å². The predicted octanol–water partition coefficient (Wildman–Crippen LogP) is 3.37. The quantitative estimate of drug-likeness (QED) is 0.617. The van der Waals surface area contributed by atoms with E-state index in [1.54, 1.807) is 20.4 Å². The second kappa shape index (κ2) is 8.60. The Hall–Kier alpha value is -2.67. The molecule has 2 heterocycles. The van der Waals surface area contributed by atoms with Gasteiger partial charge >= 0.3 is 0 Å². The lowest BCUT2D eigenvalue weighted by Gasteiger charge is -2.47. The molecule has 0 bridgehead atoms. The van der Waals surface area contributed by atoms with Gasteiger partial charge in [0.05, 0.1) is 12.7 Å². The van der Waals surface area contributed by atoms with E-state index in [-0.39, 0.29) is 12.2 Å². The number of likely N-dealkylation sites (tertiary alicyclic amines) is 1. The molecule has 1 fully saturated rings. The minimum Gasteiger partial charge on any atom is -0.496 e. The van der Waals surface area contributed by atoms with E-state index in [4.69, 9.17) is 14.2 Å². The van der Waals surface area contributed by atoms with Crippen LogP contribution in [0.15, 0.2) is 54.9 Å². The minimum atomic E-state index is -0.566. The molecular formula is C24H28N2O4. The molecule has 0 saturated carbocycles. The molecule has 1 aromatic heterocycles. The number of hydrogen-bond acceptors (Lipinski definition) is 6. The normalized spacial score (nSPS) is 16.8. The summed E-state index contributed by atoms with van der Waals surface area (Å²) in [7, 11) is 3.39. The van der Waals surface area contributed by atoms with Crippen molar-refractivity contribution in [2.45, 2.75) is 18.6 Å². The number of rotatable bonds is 8. The van der Waals surface area contributed by atoms with Gasteiger partial charge in [-0.25, -0.2) is 0 Å². The van der Waals surface area contributed by atoms with Crippen LogP contribution in [0.25, 0.3) is 21.9 Å². The van der Waals surface area contributed by atoms with Gasteiger partial charge < -0.3 is 19.3 Å². The van der Waals surface area contributed by atoms with Gasteiger partial charge in [-0.05, 0) is 36.1 Å². The molecule has 158 valence electrons. The lowest BCUT2D eigenvalue weighted by Crippen LogP contribution is -2.62. The van der Waals surface area contributed by atoms with Gasteiger partial charge in [-0.3, -0.25) is 9.88 Å². The Bertz CT molecular complexity index is 1020. The summed E-state index contributed by atoms with van der Waals surface area (Å²) in [4.78, 5) is 6.43. The van der Waals surface area contributed by atoms with E-state index in [2.05, 4.69) is 22.9 Å². The number of pyridine rings is 1. The van der Waals surface area contributed by atoms with Crippen molar-refractivity contribution in [2.24, 2.45) is 0 Å². The molecule has 6 heteroatoms. The van der Waals surface area contributed by atoms with E-state index in [1.165, 1.54) is 0 Å². The lowest BCUT2D eigenvalue weighted by molar-refractivity contribution is -0.121. The highest BCUT2D eigenvalue weighted by Gasteiger charge is 2.39. The molecule has 1 saturated heterocycles. The van der Waals surface area contributed by atoms with Crippen LogP contribution >= 0.6 is 0 Å². The van der Waals surface area contributed by atoms with Crippen LogP contribution in [0.3, 0.4) is 0 Å². The third-order valence-corrected chi connectivity index (χ3v) is 5.68. The summed E-state index contributed by atoms with van der Waals surface area (Å²) in [5.41, 5.74) is 1.87. The van der Waals surface area contributed by atoms with E-state index >= 15 is 0 Å². The second-order valence-corrected chi connectivity index (χ2v) is 8.02. The van der Waals surface area contributed by atoms with Crippen molar-refractivity contribution < 1.29 is 19.3 Å². The van der Waals surface area contributed by atoms with Crippen molar-refractivity contribution in [1.29, 1.82) is 0 Å². The van der Waals surface area contributed by atoms with Gasteiger partial charge in [-0.2, -0.15) is 0 Å². The average Bonchev–Trinajstić information content (AvgIpc) is 2.76. The molecule has 1 aliphatic rings. The first-order valence-corrected chi connectivity index (χ1v) is 10.1. The minimum absolute atomic E-state index is 0.0973. The summed E-state index contributed by atoms with van der Waals surface area (Å²) >= 11 is 0. The third-order valence-electron chi connectivity index (χ3n) is 5.68. The molecule has 2 aromatic carbocycles. The van der Waals surface area contributed by atoms with Crippen LogP contribution in [0.1, 0.15) is 6.92 Å². The Balaban J connectivity index is 1.51. The Morgan fingerprint density at radius 3 is 2.53 bits per heavy atom. The first-order chi connectivity index (χ1) is 14.5. The molecule has 4 rings (SSSR count). The van der Waals surface area contributed by atoms with Crippen molar-refractivity contribution >= 4 is 10.8 Å². The summed E-state index contributed by atoms with van der Waals surface area (Å²) in [6.07, 6.45) is 2.96. The fourth-order valence-corrected chi connectivity index (χ4v) is 4.09. The van der Waals surface area contributed by atoms with E-state index in [0.717, 1.165) is 46.5 Å². The summed E-state index contributed by atoms with van der Waals surface area (Å²) in [5, 5.41) is 12.5. The molecule has 1 N–H and O–H groups in total. The van der Waals surface area contributed by atoms with Gasteiger partial charge in [0.1, 0.15) is 24.2 Å². The molecule has 1 unspecified atom stereocenters. The van der Waals surface area contributed by atoms with Crippen molar-refractivity contribution in [3.8, 4) is 22.6 Å². The topological polar surface area (TPSA) is 64.0 Å². The SMILES string of the molecule is COc1ccncc1-c1ccc(OCC(O)CN2CC(C)(OC)C2)c2ccccc12. The fraction of sp³-hybridized carbons (Fsp3) is 0.375. The second-order valence-electron chi connectivity index (χ2n) is 8.02. The number of nitrogens with zero attached hydrogens (tertiary/aromatic N) is 2. The highest BCUT2D eigenvalue weighted by molar-refractivity contribution is 6.01. The number of aliphatic hydroxyl groups excluding tert-OH is 1. The first kappa shape index (κ1) is 20.6. The number of aliphatic hydroxyl groups is 1. The Morgan fingerprint density at radius 2 is 1.80 bits per heavy atom. The smallest absolute Gasteiger partial charge is 0.129 e. The van der Waals surface area contributed by atoms with Gasteiger partial charge in [-0.1, -0.05) is 24.3 Å². The van der Waals surface area contributed by atoms with Crippen LogP contribution in [0, 0.1) is 0 Å². The van der Waals surface area contributed by atoms with Crippen LogP contribution in [-0.2, 0) is 4.74 Å². The zero-order valence-corrected chi connectivity index (χ0v) is 17.7.